The predicted molar refractivity (Wildman–Crippen MR) is 128 cm³/mol. The van der Waals surface area contributed by atoms with Gasteiger partial charge in [-0.3, -0.25) is 4.79 Å². The molecule has 2 heterocycles. The molecule has 0 aliphatic carbocycles. The highest BCUT2D eigenvalue weighted by Gasteiger charge is 2.24. The van der Waals surface area contributed by atoms with E-state index in [1.54, 1.807) is 25.3 Å². The van der Waals surface area contributed by atoms with Gasteiger partial charge in [0.2, 0.25) is 0 Å². The van der Waals surface area contributed by atoms with Gasteiger partial charge >= 0.3 is 5.97 Å². The number of aromatic carboxylic acids is 1. The molecule has 1 saturated heterocycles. The SMILES string of the molecule is COc1ccccc1N1CCN(c2ncc(NC(=O)c3cccc(Cl)c3)cc2C(=O)O)CC1. The number of pyridine rings is 1. The summed E-state index contributed by atoms with van der Waals surface area (Å²) in [7, 11) is 1.64. The fourth-order valence-electron chi connectivity index (χ4n) is 3.82. The molecule has 2 aromatic carbocycles. The molecule has 0 atom stereocenters. The lowest BCUT2D eigenvalue weighted by atomic mass is 10.1. The zero-order chi connectivity index (χ0) is 23.4. The van der Waals surface area contributed by atoms with Crippen molar-refractivity contribution in [1.29, 1.82) is 0 Å². The van der Waals surface area contributed by atoms with Crippen molar-refractivity contribution in [2.75, 3.05) is 48.4 Å². The van der Waals surface area contributed by atoms with E-state index < -0.39 is 11.9 Å². The predicted octanol–water partition coefficient (Wildman–Crippen LogP) is 4.02. The number of benzene rings is 2. The van der Waals surface area contributed by atoms with Crippen molar-refractivity contribution in [3.8, 4) is 5.75 Å². The number of carbonyl (C=O) groups excluding carboxylic acids is 1. The van der Waals surface area contributed by atoms with Crippen molar-refractivity contribution in [3.63, 3.8) is 0 Å². The molecule has 1 aromatic heterocycles. The summed E-state index contributed by atoms with van der Waals surface area (Å²) in [4.78, 5) is 33.0. The molecule has 2 N–H and O–H groups in total. The Hall–Kier alpha value is -3.78. The summed E-state index contributed by atoms with van der Waals surface area (Å²) in [6.07, 6.45) is 1.47. The molecule has 1 amide bonds. The maximum absolute atomic E-state index is 12.5. The number of amides is 1. The number of para-hydroxylation sites is 2. The average molecular weight is 467 g/mol. The number of carboxylic acids is 1. The molecule has 0 bridgehead atoms. The standard InChI is InChI=1S/C24H23ClN4O4/c1-33-21-8-3-2-7-20(21)28-9-11-29(12-10-28)22-19(24(31)32)14-18(15-26-22)27-23(30)16-5-4-6-17(25)13-16/h2-8,13-15H,9-12H2,1H3,(H,27,30)(H,31,32). The van der Waals surface area contributed by atoms with E-state index in [9.17, 15) is 14.7 Å². The Labute approximate surface area is 196 Å². The van der Waals surface area contributed by atoms with Crippen molar-refractivity contribution in [2.45, 2.75) is 0 Å². The Morgan fingerprint density at radius 1 is 1.03 bits per heavy atom. The first kappa shape index (κ1) is 22.4. The monoisotopic (exact) mass is 466 g/mol. The van der Waals surface area contributed by atoms with Gasteiger partial charge in [-0.25, -0.2) is 9.78 Å². The molecule has 1 aliphatic heterocycles. The van der Waals surface area contributed by atoms with Crippen molar-refractivity contribution in [1.82, 2.24) is 4.98 Å². The van der Waals surface area contributed by atoms with Crippen LogP contribution in [-0.2, 0) is 0 Å². The topological polar surface area (TPSA) is 95.0 Å². The largest absolute Gasteiger partial charge is 0.495 e. The van der Waals surface area contributed by atoms with E-state index >= 15 is 0 Å². The minimum atomic E-state index is -1.11. The van der Waals surface area contributed by atoms with Crippen LogP contribution in [0.5, 0.6) is 5.75 Å². The highest BCUT2D eigenvalue weighted by atomic mass is 35.5. The molecule has 170 valence electrons. The van der Waals surface area contributed by atoms with Crippen LogP contribution in [0.2, 0.25) is 5.02 Å². The Bertz CT molecular complexity index is 1180. The van der Waals surface area contributed by atoms with Crippen LogP contribution in [0.3, 0.4) is 0 Å². The van der Waals surface area contributed by atoms with Gasteiger partial charge in [0.25, 0.3) is 5.91 Å². The summed E-state index contributed by atoms with van der Waals surface area (Å²) < 4.78 is 5.46. The summed E-state index contributed by atoms with van der Waals surface area (Å²) in [6, 6.07) is 15.8. The van der Waals surface area contributed by atoms with Crippen LogP contribution >= 0.6 is 11.6 Å². The average Bonchev–Trinajstić information content (AvgIpc) is 2.84. The Morgan fingerprint density at radius 3 is 2.45 bits per heavy atom. The summed E-state index contributed by atoms with van der Waals surface area (Å²) in [5.74, 6) is -0.324. The number of carbonyl (C=O) groups is 2. The smallest absolute Gasteiger partial charge is 0.339 e. The second-order valence-electron chi connectivity index (χ2n) is 7.51. The van der Waals surface area contributed by atoms with Gasteiger partial charge in [0, 0.05) is 36.8 Å². The van der Waals surface area contributed by atoms with E-state index in [2.05, 4.69) is 15.2 Å². The van der Waals surface area contributed by atoms with Crippen LogP contribution < -0.4 is 19.9 Å². The molecule has 4 rings (SSSR count). The second-order valence-corrected chi connectivity index (χ2v) is 7.95. The van der Waals surface area contributed by atoms with E-state index in [0.717, 1.165) is 11.4 Å². The summed E-state index contributed by atoms with van der Waals surface area (Å²) in [6.45, 7) is 2.57. The van der Waals surface area contributed by atoms with Crippen molar-refractivity contribution in [2.24, 2.45) is 0 Å². The van der Waals surface area contributed by atoms with Gasteiger partial charge in [-0.05, 0) is 36.4 Å². The maximum Gasteiger partial charge on any atom is 0.339 e. The molecule has 3 aromatic rings. The molecule has 0 unspecified atom stereocenters. The van der Waals surface area contributed by atoms with Crippen molar-refractivity contribution >= 4 is 40.7 Å². The number of nitrogens with zero attached hydrogens (tertiary/aromatic N) is 3. The number of anilines is 3. The maximum atomic E-state index is 12.5. The van der Waals surface area contributed by atoms with Gasteiger partial charge in [0.15, 0.2) is 0 Å². The molecule has 9 heteroatoms. The number of hydrogen-bond donors (Lipinski definition) is 2. The van der Waals surface area contributed by atoms with Crippen LogP contribution in [0, 0.1) is 0 Å². The Morgan fingerprint density at radius 2 is 1.76 bits per heavy atom. The Balaban J connectivity index is 1.49. The quantitative estimate of drug-likeness (QED) is 0.566. The lowest BCUT2D eigenvalue weighted by molar-refractivity contribution is 0.0696. The van der Waals surface area contributed by atoms with Gasteiger partial charge < -0.3 is 25.0 Å². The van der Waals surface area contributed by atoms with E-state index in [4.69, 9.17) is 16.3 Å². The van der Waals surface area contributed by atoms with Crippen LogP contribution in [0.25, 0.3) is 0 Å². The molecule has 1 fully saturated rings. The number of rotatable bonds is 6. The number of piperazine rings is 1. The van der Waals surface area contributed by atoms with Crippen LogP contribution in [0.4, 0.5) is 17.2 Å². The number of hydrogen-bond acceptors (Lipinski definition) is 6. The molecular weight excluding hydrogens is 444 g/mol. The zero-order valence-corrected chi connectivity index (χ0v) is 18.7. The third-order valence-corrected chi connectivity index (χ3v) is 5.68. The van der Waals surface area contributed by atoms with Gasteiger partial charge in [-0.15, -0.1) is 0 Å². The molecule has 33 heavy (non-hydrogen) atoms. The Kier molecular flexibility index (Phi) is 6.65. The van der Waals surface area contributed by atoms with E-state index in [0.29, 0.717) is 48.3 Å². The number of carboxylic acid groups (broad SMARTS) is 1. The van der Waals surface area contributed by atoms with Gasteiger partial charge in [-0.1, -0.05) is 29.8 Å². The fraction of sp³-hybridized carbons (Fsp3) is 0.208. The first-order chi connectivity index (χ1) is 16.0. The van der Waals surface area contributed by atoms with Gasteiger partial charge in [-0.2, -0.15) is 0 Å². The lowest BCUT2D eigenvalue weighted by Crippen LogP contribution is -2.47. The van der Waals surface area contributed by atoms with Crippen molar-refractivity contribution < 1.29 is 19.4 Å². The minimum absolute atomic E-state index is 0.0321. The number of halogens is 1. The molecule has 1 aliphatic rings. The minimum Gasteiger partial charge on any atom is -0.495 e. The summed E-state index contributed by atoms with van der Waals surface area (Å²) in [5, 5.41) is 12.9. The zero-order valence-electron chi connectivity index (χ0n) is 18.0. The third kappa shape index (κ3) is 5.01. The van der Waals surface area contributed by atoms with Gasteiger partial charge in [0.05, 0.1) is 24.7 Å². The summed E-state index contributed by atoms with van der Waals surface area (Å²) >= 11 is 5.95. The number of aromatic nitrogens is 1. The van der Waals surface area contributed by atoms with Crippen LogP contribution in [0.1, 0.15) is 20.7 Å². The number of ether oxygens (including phenoxy) is 1. The number of methoxy groups -OCH3 is 1. The lowest BCUT2D eigenvalue weighted by Gasteiger charge is -2.37. The normalized spacial score (nSPS) is 13.5. The molecule has 0 spiro atoms. The molecular formula is C24H23ClN4O4. The van der Waals surface area contributed by atoms with Crippen LogP contribution in [-0.4, -0.2) is 55.3 Å². The fourth-order valence-corrected chi connectivity index (χ4v) is 4.01. The first-order valence-electron chi connectivity index (χ1n) is 10.4. The first-order valence-corrected chi connectivity index (χ1v) is 10.8. The highest BCUT2D eigenvalue weighted by Crippen LogP contribution is 2.30. The molecule has 0 radical (unpaired) electrons. The van der Waals surface area contributed by atoms with E-state index in [1.165, 1.54) is 18.3 Å². The third-order valence-electron chi connectivity index (χ3n) is 5.45. The molecule has 0 saturated carbocycles. The van der Waals surface area contributed by atoms with Crippen LogP contribution in [0.15, 0.2) is 60.8 Å². The highest BCUT2D eigenvalue weighted by molar-refractivity contribution is 6.31. The number of nitrogens with one attached hydrogen (secondary N) is 1. The van der Waals surface area contributed by atoms with Gasteiger partial charge in [0.1, 0.15) is 17.1 Å². The molecule has 8 nitrogen and oxygen atoms in total. The summed E-state index contributed by atoms with van der Waals surface area (Å²) in [5.41, 5.74) is 1.71. The van der Waals surface area contributed by atoms with E-state index in [1.807, 2.05) is 29.2 Å². The second kappa shape index (κ2) is 9.79. The van der Waals surface area contributed by atoms with E-state index in [-0.39, 0.29) is 5.56 Å². The van der Waals surface area contributed by atoms with Crippen molar-refractivity contribution in [3.05, 3.63) is 76.9 Å².